The van der Waals surface area contributed by atoms with E-state index in [1.165, 1.54) is 32.1 Å². The maximum atomic E-state index is 6.11. The zero-order chi connectivity index (χ0) is 13.9. The van der Waals surface area contributed by atoms with E-state index in [9.17, 15) is 0 Å². The third-order valence-electron chi connectivity index (χ3n) is 5.98. The van der Waals surface area contributed by atoms with Gasteiger partial charge in [0, 0.05) is 19.1 Å². The highest BCUT2D eigenvalue weighted by molar-refractivity contribution is 4.94. The molecule has 0 aromatic carbocycles. The minimum absolute atomic E-state index is 0.405. The predicted molar refractivity (Wildman–Crippen MR) is 82.9 cm³/mol. The van der Waals surface area contributed by atoms with Crippen molar-refractivity contribution in [2.45, 2.75) is 58.1 Å². The molecule has 5 unspecified atom stereocenters. The van der Waals surface area contributed by atoms with Gasteiger partial charge in [-0.1, -0.05) is 20.3 Å². The quantitative estimate of drug-likeness (QED) is 0.809. The van der Waals surface area contributed by atoms with Gasteiger partial charge in [-0.2, -0.15) is 0 Å². The van der Waals surface area contributed by atoms with E-state index in [1.54, 1.807) is 0 Å². The average molecular weight is 280 g/mol. The van der Waals surface area contributed by atoms with Crippen LogP contribution in [-0.4, -0.2) is 49.8 Å². The van der Waals surface area contributed by atoms with Gasteiger partial charge in [-0.25, -0.2) is 0 Å². The number of morpholine rings is 1. The summed E-state index contributed by atoms with van der Waals surface area (Å²) in [6.07, 6.45) is 7.78. The number of hydrogen-bond acceptors (Lipinski definition) is 3. The molecule has 3 nitrogen and oxygen atoms in total. The van der Waals surface area contributed by atoms with Crippen LogP contribution in [0.5, 0.6) is 0 Å². The van der Waals surface area contributed by atoms with Crippen LogP contribution in [0.15, 0.2) is 0 Å². The van der Waals surface area contributed by atoms with Gasteiger partial charge in [0.15, 0.2) is 0 Å². The van der Waals surface area contributed by atoms with Crippen molar-refractivity contribution in [2.75, 3.05) is 32.8 Å². The van der Waals surface area contributed by atoms with Crippen molar-refractivity contribution < 1.29 is 4.74 Å². The van der Waals surface area contributed by atoms with Crippen molar-refractivity contribution >= 4 is 0 Å². The molecular weight excluding hydrogens is 248 g/mol. The molecule has 1 N–H and O–H groups in total. The molecule has 3 heteroatoms. The molecule has 0 aromatic heterocycles. The standard InChI is InChI=1S/C17H32N2O/c1-3-18-16(17-12-19(4-2)7-8-20-17)11-15-10-13-5-6-14(15)9-13/h13-18H,3-12H2,1-2H3. The van der Waals surface area contributed by atoms with Crippen molar-refractivity contribution in [1.82, 2.24) is 10.2 Å². The Kier molecular flexibility index (Phi) is 5.00. The molecule has 1 heterocycles. The second-order valence-corrected chi connectivity index (χ2v) is 7.14. The lowest BCUT2D eigenvalue weighted by Gasteiger charge is -2.38. The van der Waals surface area contributed by atoms with Gasteiger partial charge in [0.25, 0.3) is 0 Å². The summed E-state index contributed by atoms with van der Waals surface area (Å²) >= 11 is 0. The Morgan fingerprint density at radius 2 is 2.15 bits per heavy atom. The van der Waals surface area contributed by atoms with Crippen LogP contribution >= 0.6 is 0 Å². The lowest BCUT2D eigenvalue weighted by molar-refractivity contribution is -0.0494. The first kappa shape index (κ1) is 14.8. The van der Waals surface area contributed by atoms with Crippen LogP contribution in [0.2, 0.25) is 0 Å². The minimum atomic E-state index is 0.405. The maximum absolute atomic E-state index is 6.11. The van der Waals surface area contributed by atoms with Gasteiger partial charge in [0.1, 0.15) is 0 Å². The fraction of sp³-hybridized carbons (Fsp3) is 1.00. The van der Waals surface area contributed by atoms with Gasteiger partial charge < -0.3 is 10.1 Å². The first-order valence-corrected chi connectivity index (χ1v) is 8.87. The Morgan fingerprint density at radius 1 is 1.25 bits per heavy atom. The zero-order valence-corrected chi connectivity index (χ0v) is 13.3. The van der Waals surface area contributed by atoms with Crippen LogP contribution in [0.25, 0.3) is 0 Å². The van der Waals surface area contributed by atoms with E-state index in [4.69, 9.17) is 4.74 Å². The molecule has 2 aliphatic carbocycles. The molecule has 20 heavy (non-hydrogen) atoms. The van der Waals surface area contributed by atoms with E-state index in [0.717, 1.165) is 50.5 Å². The van der Waals surface area contributed by atoms with E-state index >= 15 is 0 Å². The van der Waals surface area contributed by atoms with Gasteiger partial charge in [0.05, 0.1) is 12.7 Å². The van der Waals surface area contributed by atoms with Crippen LogP contribution in [0.1, 0.15) is 46.0 Å². The molecule has 0 aromatic rings. The first-order chi connectivity index (χ1) is 9.80. The van der Waals surface area contributed by atoms with Crippen molar-refractivity contribution in [3.63, 3.8) is 0 Å². The summed E-state index contributed by atoms with van der Waals surface area (Å²) in [5.74, 6) is 3.07. The third kappa shape index (κ3) is 3.20. The Morgan fingerprint density at radius 3 is 2.80 bits per heavy atom. The van der Waals surface area contributed by atoms with E-state index in [0.29, 0.717) is 12.1 Å². The molecule has 1 saturated heterocycles. The Balaban J connectivity index is 1.57. The Labute approximate surface area is 124 Å². The van der Waals surface area contributed by atoms with Crippen LogP contribution in [-0.2, 0) is 4.74 Å². The molecule has 2 bridgehead atoms. The minimum Gasteiger partial charge on any atom is -0.374 e. The fourth-order valence-electron chi connectivity index (χ4n) is 4.88. The van der Waals surface area contributed by atoms with Crippen LogP contribution in [0.4, 0.5) is 0 Å². The summed E-state index contributed by atoms with van der Waals surface area (Å²) in [6, 6.07) is 0.568. The summed E-state index contributed by atoms with van der Waals surface area (Å²) < 4.78 is 6.11. The lowest BCUT2D eigenvalue weighted by Crippen LogP contribution is -2.52. The fourth-order valence-corrected chi connectivity index (χ4v) is 4.88. The van der Waals surface area contributed by atoms with E-state index in [1.807, 2.05) is 0 Å². The second-order valence-electron chi connectivity index (χ2n) is 7.14. The van der Waals surface area contributed by atoms with Crippen LogP contribution in [0.3, 0.4) is 0 Å². The molecule has 2 saturated carbocycles. The van der Waals surface area contributed by atoms with Crippen LogP contribution < -0.4 is 5.32 Å². The van der Waals surface area contributed by atoms with Gasteiger partial charge >= 0.3 is 0 Å². The number of hydrogen-bond donors (Lipinski definition) is 1. The maximum Gasteiger partial charge on any atom is 0.0855 e. The van der Waals surface area contributed by atoms with Crippen molar-refractivity contribution in [1.29, 1.82) is 0 Å². The van der Waals surface area contributed by atoms with Gasteiger partial charge in [0.2, 0.25) is 0 Å². The summed E-state index contributed by atoms with van der Waals surface area (Å²) in [5.41, 5.74) is 0. The number of ether oxygens (including phenoxy) is 1. The average Bonchev–Trinajstić information content (AvgIpc) is 3.09. The molecule has 0 amide bonds. The third-order valence-corrected chi connectivity index (χ3v) is 5.98. The normalized spacial score (nSPS) is 39.3. The molecule has 0 spiro atoms. The highest BCUT2D eigenvalue weighted by Crippen LogP contribution is 2.50. The highest BCUT2D eigenvalue weighted by Gasteiger charge is 2.41. The predicted octanol–water partition coefficient (Wildman–Crippen LogP) is 2.51. The molecule has 1 aliphatic heterocycles. The number of nitrogens with zero attached hydrogens (tertiary/aromatic N) is 1. The number of fused-ring (bicyclic) bond motifs is 2. The molecule has 116 valence electrons. The first-order valence-electron chi connectivity index (χ1n) is 8.87. The van der Waals surface area contributed by atoms with Crippen LogP contribution in [0, 0.1) is 17.8 Å². The van der Waals surface area contributed by atoms with E-state index in [-0.39, 0.29) is 0 Å². The van der Waals surface area contributed by atoms with Crippen molar-refractivity contribution in [2.24, 2.45) is 17.8 Å². The lowest BCUT2D eigenvalue weighted by atomic mass is 9.83. The Bertz CT molecular complexity index is 309. The zero-order valence-electron chi connectivity index (χ0n) is 13.3. The van der Waals surface area contributed by atoms with Crippen molar-refractivity contribution in [3.8, 4) is 0 Å². The van der Waals surface area contributed by atoms with E-state index < -0.39 is 0 Å². The number of nitrogens with one attached hydrogen (secondary N) is 1. The second kappa shape index (κ2) is 6.76. The summed E-state index contributed by atoms with van der Waals surface area (Å²) in [4.78, 5) is 2.54. The highest BCUT2D eigenvalue weighted by atomic mass is 16.5. The monoisotopic (exact) mass is 280 g/mol. The molecule has 3 fully saturated rings. The molecule has 5 atom stereocenters. The summed E-state index contributed by atoms with van der Waals surface area (Å²) in [7, 11) is 0. The van der Waals surface area contributed by atoms with E-state index in [2.05, 4.69) is 24.1 Å². The SMILES string of the molecule is CCNC(CC1CC2CCC1C2)C1CN(CC)CCO1. The number of rotatable bonds is 6. The van der Waals surface area contributed by atoms with Gasteiger partial charge in [-0.3, -0.25) is 4.90 Å². The molecule has 3 aliphatic rings. The van der Waals surface area contributed by atoms with Gasteiger partial charge in [-0.15, -0.1) is 0 Å². The number of likely N-dealkylation sites (N-methyl/N-ethyl adjacent to an activating group) is 2. The molecular formula is C17H32N2O. The molecule has 3 rings (SSSR count). The summed E-state index contributed by atoms with van der Waals surface area (Å²) in [6.45, 7) is 9.87. The largest absolute Gasteiger partial charge is 0.374 e. The molecule has 0 radical (unpaired) electrons. The topological polar surface area (TPSA) is 24.5 Å². The summed E-state index contributed by atoms with van der Waals surface area (Å²) in [5, 5.41) is 3.73. The Hall–Kier alpha value is -0.120. The van der Waals surface area contributed by atoms with Gasteiger partial charge in [-0.05, 0) is 56.5 Å². The smallest absolute Gasteiger partial charge is 0.0855 e. The van der Waals surface area contributed by atoms with Crippen molar-refractivity contribution in [3.05, 3.63) is 0 Å².